The van der Waals surface area contributed by atoms with E-state index < -0.39 is 108 Å². The van der Waals surface area contributed by atoms with E-state index in [1.54, 1.807) is 6.92 Å². The molecule has 0 aromatic carbocycles. The molecule has 0 spiro atoms. The fraction of sp³-hybridized carbons (Fsp3) is 0.905. The second-order valence-corrected chi connectivity index (χ2v) is 20.0. The molecule has 2 saturated heterocycles. The molecule has 0 radical (unpaired) electrons. The van der Waals surface area contributed by atoms with Crippen molar-refractivity contribution in [2.75, 3.05) is 6.61 Å². The second-order valence-electron chi connectivity index (χ2n) is 20.0. The predicted octanol–water partition coefficient (Wildman–Crippen LogP) is 2.26. The smallest absolute Gasteiger partial charge is 0.319 e. The van der Waals surface area contributed by atoms with Crippen molar-refractivity contribution in [2.24, 2.45) is 56.7 Å². The molecule has 8 N–H and O–H groups in total. The van der Waals surface area contributed by atoms with Crippen LogP contribution in [0.1, 0.15) is 106 Å². The number of hydrogen-bond donors (Lipinski definition) is 8. The Kier molecular flexibility index (Phi) is 11.0. The molecule has 20 atom stereocenters. The van der Waals surface area contributed by atoms with Crippen LogP contribution in [0.15, 0.2) is 11.6 Å². The summed E-state index contributed by atoms with van der Waals surface area (Å²) in [6.07, 6.45) is -7.29. The number of hydrogen-bond acceptors (Lipinski definition) is 13. The van der Waals surface area contributed by atoms with Crippen LogP contribution < -0.4 is 0 Å². The molecule has 4 saturated carbocycles. The Balaban J connectivity index is 1.28. The fourth-order valence-electron chi connectivity index (χ4n) is 13.8. The molecule has 0 amide bonds. The van der Waals surface area contributed by atoms with Gasteiger partial charge < -0.3 is 59.8 Å². The third-order valence-electron chi connectivity index (χ3n) is 17.3. The van der Waals surface area contributed by atoms with Crippen molar-refractivity contribution in [3.8, 4) is 0 Å². The van der Waals surface area contributed by atoms with Gasteiger partial charge in [-0.05, 0) is 111 Å². The Morgan fingerprint density at radius 3 is 2.09 bits per heavy atom. The molecule has 5 aliphatic carbocycles. The highest BCUT2D eigenvalue weighted by atomic mass is 16.7. The number of allylic oxidation sites excluding steroid dienone is 1. The zero-order chi connectivity index (χ0) is 41.1. The largest absolute Gasteiger partial charge is 0.481 e. The van der Waals surface area contributed by atoms with Crippen LogP contribution in [0.25, 0.3) is 0 Å². The van der Waals surface area contributed by atoms with Crippen molar-refractivity contribution in [3.05, 3.63) is 11.6 Å². The number of carbonyl (C=O) groups is 2. The van der Waals surface area contributed by atoms with Gasteiger partial charge in [0.15, 0.2) is 6.29 Å². The lowest BCUT2D eigenvalue weighted by Gasteiger charge is -2.71. The van der Waals surface area contributed by atoms with E-state index in [4.69, 9.17) is 18.9 Å². The van der Waals surface area contributed by atoms with Crippen molar-refractivity contribution in [3.63, 3.8) is 0 Å². The maximum Gasteiger partial charge on any atom is 0.319 e. The standard InChI is InChI=1S/C42H66O14/c1-19-10-15-41(36(50)51)16-17-42(37(52)56-35-33(49)31(47)29(45)23(18-43)54-35)22(27(41)20(19)2)8-9-25-39(6)13-12-26(38(4,5)24(39)11-14-40(25,42)7)55-34-32(48)30(46)28(44)21(3)53-34/h8,19-21,23-35,43-49H,9-18H2,1-7H3,(H,50,51)/t19-,20+,21-,23-,24+,25-,26+,27+,28+,29-,30+,31+,32-,33-,34+,35+,39+,40-,41+,42-/m1/s1. The van der Waals surface area contributed by atoms with E-state index in [1.807, 2.05) is 0 Å². The molecule has 318 valence electrons. The van der Waals surface area contributed by atoms with Crippen molar-refractivity contribution >= 4 is 11.9 Å². The number of carbonyl (C=O) groups excluding carboxylic acids is 1. The van der Waals surface area contributed by atoms with Crippen molar-refractivity contribution in [2.45, 2.75) is 174 Å². The molecule has 0 bridgehead atoms. The molecule has 0 aromatic rings. The molecule has 56 heavy (non-hydrogen) atoms. The van der Waals surface area contributed by atoms with E-state index in [0.29, 0.717) is 38.5 Å². The van der Waals surface area contributed by atoms with Gasteiger partial charge in [0.05, 0.1) is 29.6 Å². The molecule has 14 nitrogen and oxygen atoms in total. The van der Waals surface area contributed by atoms with E-state index in [9.17, 15) is 45.6 Å². The van der Waals surface area contributed by atoms with Crippen molar-refractivity contribution < 1.29 is 69.4 Å². The summed E-state index contributed by atoms with van der Waals surface area (Å²) in [5.74, 6) is -1.78. The maximum atomic E-state index is 15.4. The van der Waals surface area contributed by atoms with Crippen LogP contribution in [0.3, 0.4) is 0 Å². The van der Waals surface area contributed by atoms with Gasteiger partial charge >= 0.3 is 11.9 Å². The third-order valence-corrected chi connectivity index (χ3v) is 17.3. The number of carboxylic acid groups (broad SMARTS) is 1. The van der Waals surface area contributed by atoms with Gasteiger partial charge in [0.25, 0.3) is 0 Å². The average Bonchev–Trinajstić information content (AvgIpc) is 3.14. The SMILES string of the molecule is C[C@H]1[C@H](C)CC[C@]2(C(=O)O)CC[C@]3(C(=O)O[C@@H]4O[C@H](CO)[C@@H](O)[C@H](O)[C@H]4O)C(=CC[C@@H]4[C@@]5(C)CC[C@H](O[C@@H]6O[C@H](C)[C@H](O)[C@H](O)[C@H]6O)C(C)(C)[C@@H]5CC[C@]43C)[C@H]12. The van der Waals surface area contributed by atoms with Gasteiger partial charge in [-0.3, -0.25) is 9.59 Å². The van der Waals surface area contributed by atoms with Gasteiger partial charge in [-0.25, -0.2) is 0 Å². The quantitative estimate of drug-likeness (QED) is 0.110. The van der Waals surface area contributed by atoms with Crippen molar-refractivity contribution in [1.82, 2.24) is 0 Å². The summed E-state index contributed by atoms with van der Waals surface area (Å²) < 4.78 is 24.3. The summed E-state index contributed by atoms with van der Waals surface area (Å²) in [5.41, 5.74) is -3.09. The Morgan fingerprint density at radius 1 is 0.768 bits per heavy atom. The number of aliphatic hydroxyl groups excluding tert-OH is 7. The zero-order valence-electron chi connectivity index (χ0n) is 33.9. The van der Waals surface area contributed by atoms with E-state index >= 15 is 4.79 Å². The molecular weight excluding hydrogens is 728 g/mol. The summed E-state index contributed by atoms with van der Waals surface area (Å²) >= 11 is 0. The first-order valence-corrected chi connectivity index (χ1v) is 20.9. The Bertz CT molecular complexity index is 1550. The van der Waals surface area contributed by atoms with Crippen molar-refractivity contribution in [1.29, 1.82) is 0 Å². The van der Waals surface area contributed by atoms with Gasteiger partial charge in [0.1, 0.15) is 42.7 Å². The zero-order valence-corrected chi connectivity index (χ0v) is 33.9. The molecule has 2 heterocycles. The Labute approximate surface area is 329 Å². The molecule has 14 heteroatoms. The molecule has 0 aromatic heterocycles. The predicted molar refractivity (Wildman–Crippen MR) is 198 cm³/mol. The highest BCUT2D eigenvalue weighted by molar-refractivity contribution is 5.85. The lowest BCUT2D eigenvalue weighted by atomic mass is 9.33. The summed E-state index contributed by atoms with van der Waals surface area (Å²) in [6, 6.07) is 0. The van der Waals surface area contributed by atoms with Crippen LogP contribution in [0.4, 0.5) is 0 Å². The number of fused-ring (bicyclic) bond motifs is 7. The maximum absolute atomic E-state index is 15.4. The number of ether oxygens (including phenoxy) is 4. The molecule has 2 aliphatic heterocycles. The lowest BCUT2D eigenvalue weighted by Crippen LogP contribution is -2.69. The van der Waals surface area contributed by atoms with Gasteiger partial charge in [0.2, 0.25) is 6.29 Å². The van der Waals surface area contributed by atoms with Crippen LogP contribution in [-0.4, -0.2) is 127 Å². The van der Waals surface area contributed by atoms with Crippen LogP contribution in [0.5, 0.6) is 0 Å². The van der Waals surface area contributed by atoms with Crippen LogP contribution in [0.2, 0.25) is 0 Å². The van der Waals surface area contributed by atoms with Crippen LogP contribution >= 0.6 is 0 Å². The highest BCUT2D eigenvalue weighted by Gasteiger charge is 2.74. The lowest BCUT2D eigenvalue weighted by molar-refractivity contribution is -0.325. The van der Waals surface area contributed by atoms with Gasteiger partial charge in [-0.1, -0.05) is 53.2 Å². The Hall–Kier alpha value is -1.72. The minimum Gasteiger partial charge on any atom is -0.481 e. The van der Waals surface area contributed by atoms with Crippen LogP contribution in [-0.2, 0) is 28.5 Å². The minimum atomic E-state index is -1.79. The van der Waals surface area contributed by atoms with E-state index in [1.165, 1.54) is 0 Å². The molecule has 7 aliphatic rings. The molecule has 7 rings (SSSR count). The first-order valence-electron chi connectivity index (χ1n) is 20.9. The van der Waals surface area contributed by atoms with E-state index in [-0.39, 0.29) is 48.0 Å². The third kappa shape index (κ3) is 5.85. The first kappa shape index (κ1) is 42.4. The molecular formula is C42H66O14. The molecule has 6 fully saturated rings. The number of rotatable bonds is 6. The van der Waals surface area contributed by atoms with Gasteiger partial charge in [-0.15, -0.1) is 0 Å². The monoisotopic (exact) mass is 794 g/mol. The van der Waals surface area contributed by atoms with Crippen LogP contribution in [0, 0.1) is 56.7 Å². The number of carboxylic acids is 1. The summed E-state index contributed by atoms with van der Waals surface area (Å²) in [4.78, 5) is 28.8. The first-order chi connectivity index (χ1) is 26.1. The number of aliphatic hydroxyl groups is 7. The topological polar surface area (TPSA) is 233 Å². The number of aliphatic carboxylic acids is 1. The highest BCUT2D eigenvalue weighted by Crippen LogP contribution is 2.76. The Morgan fingerprint density at radius 2 is 1.43 bits per heavy atom. The normalized spacial score (nSPS) is 54.0. The van der Waals surface area contributed by atoms with Gasteiger partial charge in [-0.2, -0.15) is 0 Å². The fourth-order valence-corrected chi connectivity index (χ4v) is 13.8. The summed E-state index contributed by atoms with van der Waals surface area (Å²) in [5, 5.41) is 84.7. The summed E-state index contributed by atoms with van der Waals surface area (Å²) in [7, 11) is 0. The summed E-state index contributed by atoms with van der Waals surface area (Å²) in [6.45, 7) is 13.9. The second kappa shape index (κ2) is 14.5. The number of esters is 1. The van der Waals surface area contributed by atoms with Gasteiger partial charge in [0, 0.05) is 0 Å². The van der Waals surface area contributed by atoms with E-state index in [2.05, 4.69) is 47.6 Å². The average molecular weight is 795 g/mol. The van der Waals surface area contributed by atoms with E-state index in [0.717, 1.165) is 12.0 Å². The molecule has 0 unspecified atom stereocenters. The minimum absolute atomic E-state index is 0.0517.